The fourth-order valence-corrected chi connectivity index (χ4v) is 3.78. The van der Waals surface area contributed by atoms with E-state index in [-0.39, 0.29) is 57.1 Å². The molecule has 0 amide bonds. The summed E-state index contributed by atoms with van der Waals surface area (Å²) in [5.41, 5.74) is 0.973. The minimum Gasteiger partial charge on any atom is -0.872 e. The van der Waals surface area contributed by atoms with Gasteiger partial charge in [0.15, 0.2) is 0 Å². The molecular formula is C22H29KO5S. The number of unbranched alkanes of at least 4 members (excludes halogenated alkanes) is 7. The van der Waals surface area contributed by atoms with Gasteiger partial charge >= 0.3 is 51.4 Å². The van der Waals surface area contributed by atoms with E-state index < -0.39 is 20.8 Å². The molecular weight excluding hydrogens is 415 g/mol. The predicted octanol–water partition coefficient (Wildman–Crippen LogP) is 2.49. The van der Waals surface area contributed by atoms with E-state index in [1.54, 1.807) is 6.07 Å². The first kappa shape index (κ1) is 26.6. The van der Waals surface area contributed by atoms with Crippen molar-refractivity contribution in [1.82, 2.24) is 0 Å². The zero-order chi connectivity index (χ0) is 20.4. The molecule has 0 atom stereocenters. The number of ether oxygens (including phenoxy) is 1. The van der Waals surface area contributed by atoms with Crippen LogP contribution < -0.4 is 61.2 Å². The van der Waals surface area contributed by atoms with Gasteiger partial charge in [0.2, 0.25) is 0 Å². The first-order valence-electron chi connectivity index (χ1n) is 9.96. The molecule has 0 radical (unpaired) electrons. The van der Waals surface area contributed by atoms with E-state index >= 15 is 0 Å². The second-order valence-corrected chi connectivity index (χ2v) is 8.41. The minimum atomic E-state index is -4.55. The van der Waals surface area contributed by atoms with Crippen LogP contribution in [0.5, 0.6) is 17.2 Å². The van der Waals surface area contributed by atoms with Crippen LogP contribution in [0.25, 0.3) is 0 Å². The van der Waals surface area contributed by atoms with Crippen molar-refractivity contribution >= 4 is 10.1 Å². The van der Waals surface area contributed by atoms with Crippen molar-refractivity contribution in [2.45, 2.75) is 69.6 Å². The summed E-state index contributed by atoms with van der Waals surface area (Å²) in [6.07, 6.45) is 10.6. The van der Waals surface area contributed by atoms with E-state index in [0.717, 1.165) is 30.9 Å². The smallest absolute Gasteiger partial charge is 0.872 e. The van der Waals surface area contributed by atoms with Gasteiger partial charge in [0, 0.05) is 0 Å². The molecule has 0 spiro atoms. The average Bonchev–Trinajstić information content (AvgIpc) is 2.65. The van der Waals surface area contributed by atoms with Crippen LogP contribution in [0.4, 0.5) is 0 Å². The molecule has 0 heterocycles. The van der Waals surface area contributed by atoms with E-state index in [2.05, 4.69) is 6.92 Å². The van der Waals surface area contributed by atoms with Gasteiger partial charge in [-0.2, -0.15) is 8.42 Å². The molecule has 0 aliphatic rings. The van der Waals surface area contributed by atoms with Crippen molar-refractivity contribution in [2.75, 3.05) is 0 Å². The molecule has 0 unspecified atom stereocenters. The van der Waals surface area contributed by atoms with Crippen molar-refractivity contribution in [3.63, 3.8) is 0 Å². The Labute approximate surface area is 217 Å². The first-order valence-corrected chi connectivity index (χ1v) is 11.4. The molecule has 7 heteroatoms. The molecule has 154 valence electrons. The fourth-order valence-electron chi connectivity index (χ4n) is 3.15. The van der Waals surface area contributed by atoms with E-state index in [9.17, 15) is 18.1 Å². The number of aryl methyl sites for hydroxylation is 1. The average molecular weight is 445 g/mol. The Bertz CT molecular complexity index is 852. The standard InChI is InChI=1S/C22H30O5S.K/c1-2-3-4-5-6-7-8-9-12-18-13-10-11-14-20(18)27-21-16-15-19(23)17-22(21)28(24,25)26;/h10-11,13-17,23H,2-9,12H2,1H3,(H,24,25,26);/q;+1/p-1. The molecule has 0 aliphatic heterocycles. The molecule has 5 nitrogen and oxygen atoms in total. The Morgan fingerprint density at radius 3 is 2.17 bits per heavy atom. The SMILES string of the molecule is CCCCCCCCCCc1ccccc1Oc1ccc([O-])cc1S(=O)(=O)O.[K+]. The van der Waals surface area contributed by atoms with Crippen molar-refractivity contribution < 1.29 is 74.2 Å². The van der Waals surface area contributed by atoms with E-state index in [1.807, 2.05) is 18.2 Å². The van der Waals surface area contributed by atoms with Crippen molar-refractivity contribution in [3.8, 4) is 17.2 Å². The fraction of sp³-hybridized carbons (Fsp3) is 0.455. The summed E-state index contributed by atoms with van der Waals surface area (Å²) in [6, 6.07) is 10.8. The van der Waals surface area contributed by atoms with Crippen LogP contribution in [0.2, 0.25) is 0 Å². The van der Waals surface area contributed by atoms with Crippen LogP contribution in [0, 0.1) is 0 Å². The molecule has 0 saturated carbocycles. The number of rotatable bonds is 12. The molecule has 2 aromatic carbocycles. The second-order valence-electron chi connectivity index (χ2n) is 7.02. The molecule has 29 heavy (non-hydrogen) atoms. The summed E-state index contributed by atoms with van der Waals surface area (Å²) >= 11 is 0. The van der Waals surface area contributed by atoms with Gasteiger partial charge in [0.1, 0.15) is 16.4 Å². The van der Waals surface area contributed by atoms with Gasteiger partial charge in [-0.1, -0.05) is 76.1 Å². The summed E-state index contributed by atoms with van der Waals surface area (Å²) in [6.45, 7) is 2.22. The quantitative estimate of drug-likeness (QED) is 0.309. The summed E-state index contributed by atoms with van der Waals surface area (Å²) in [5, 5.41) is 11.5. The summed E-state index contributed by atoms with van der Waals surface area (Å²) in [7, 11) is -4.55. The second kappa shape index (κ2) is 13.8. The number of benzene rings is 2. The summed E-state index contributed by atoms with van der Waals surface area (Å²) in [5.74, 6) is -0.0216. The third-order valence-electron chi connectivity index (χ3n) is 4.69. The van der Waals surface area contributed by atoms with Crippen LogP contribution >= 0.6 is 0 Å². The van der Waals surface area contributed by atoms with E-state index in [1.165, 1.54) is 50.7 Å². The van der Waals surface area contributed by atoms with Crippen LogP contribution in [-0.2, 0) is 16.5 Å². The van der Waals surface area contributed by atoms with Crippen LogP contribution in [-0.4, -0.2) is 13.0 Å². The Morgan fingerprint density at radius 1 is 0.897 bits per heavy atom. The Kier molecular flexibility index (Phi) is 12.7. The number of hydrogen-bond donors (Lipinski definition) is 1. The van der Waals surface area contributed by atoms with Gasteiger partial charge in [-0.15, -0.1) is 5.75 Å². The van der Waals surface area contributed by atoms with Gasteiger partial charge in [-0.05, 0) is 36.6 Å². The minimum absolute atomic E-state index is 0. The monoisotopic (exact) mass is 444 g/mol. The molecule has 0 aromatic heterocycles. The predicted molar refractivity (Wildman–Crippen MR) is 109 cm³/mol. The Hall–Kier alpha value is -0.414. The zero-order valence-corrected chi connectivity index (χ0v) is 21.3. The topological polar surface area (TPSA) is 86.7 Å². The molecule has 0 bridgehead atoms. The molecule has 2 rings (SSSR count). The van der Waals surface area contributed by atoms with E-state index in [0.29, 0.717) is 5.75 Å². The van der Waals surface area contributed by atoms with Crippen molar-refractivity contribution in [1.29, 1.82) is 0 Å². The molecule has 1 N–H and O–H groups in total. The van der Waals surface area contributed by atoms with Gasteiger partial charge < -0.3 is 9.84 Å². The summed E-state index contributed by atoms with van der Waals surface area (Å²) < 4.78 is 38.3. The maximum atomic E-state index is 11.6. The van der Waals surface area contributed by atoms with Gasteiger partial charge in [0.05, 0.1) is 0 Å². The van der Waals surface area contributed by atoms with Crippen LogP contribution in [0.1, 0.15) is 63.9 Å². The van der Waals surface area contributed by atoms with Crippen molar-refractivity contribution in [2.24, 2.45) is 0 Å². The largest absolute Gasteiger partial charge is 1.00 e. The Morgan fingerprint density at radius 2 is 1.52 bits per heavy atom. The number of hydrogen-bond acceptors (Lipinski definition) is 4. The van der Waals surface area contributed by atoms with Gasteiger partial charge in [0.25, 0.3) is 10.1 Å². The maximum absolute atomic E-state index is 11.6. The normalized spacial score (nSPS) is 11.1. The van der Waals surface area contributed by atoms with Gasteiger partial charge in [-0.3, -0.25) is 4.55 Å². The maximum Gasteiger partial charge on any atom is 1.00 e. The Balaban J connectivity index is 0.00000420. The summed E-state index contributed by atoms with van der Waals surface area (Å²) in [4.78, 5) is -0.512. The van der Waals surface area contributed by atoms with Gasteiger partial charge in [-0.25, -0.2) is 0 Å². The first-order chi connectivity index (χ1) is 13.4. The third-order valence-corrected chi connectivity index (χ3v) is 5.56. The number of para-hydroxylation sites is 1. The van der Waals surface area contributed by atoms with Crippen molar-refractivity contribution in [3.05, 3.63) is 48.0 Å². The van der Waals surface area contributed by atoms with Crippen LogP contribution in [0.3, 0.4) is 0 Å². The third kappa shape index (κ3) is 9.51. The van der Waals surface area contributed by atoms with Crippen LogP contribution in [0.15, 0.2) is 47.4 Å². The molecule has 0 fully saturated rings. The molecule has 2 aromatic rings. The molecule has 0 saturated heterocycles. The molecule has 0 aliphatic carbocycles. The van der Waals surface area contributed by atoms with E-state index in [4.69, 9.17) is 4.74 Å². The zero-order valence-electron chi connectivity index (χ0n) is 17.4.